The summed E-state index contributed by atoms with van der Waals surface area (Å²) in [6, 6.07) is 0. The van der Waals surface area contributed by atoms with Crippen LogP contribution < -0.4 is 0 Å². The number of methoxy groups -OCH3 is 2. The van der Waals surface area contributed by atoms with E-state index >= 15 is 0 Å². The van der Waals surface area contributed by atoms with Gasteiger partial charge in [-0.3, -0.25) is 4.79 Å². The second kappa shape index (κ2) is 8.97. The molecule has 0 saturated carbocycles. The van der Waals surface area contributed by atoms with Crippen molar-refractivity contribution in [3.05, 3.63) is 0 Å². The Morgan fingerprint density at radius 3 is 2.22 bits per heavy atom. The predicted octanol–water partition coefficient (Wildman–Crippen LogP) is -0.342. The first-order valence-corrected chi connectivity index (χ1v) is 5.04. The molecule has 0 heterocycles. The van der Waals surface area contributed by atoms with Gasteiger partial charge in [0, 0.05) is 0 Å². The molecule has 0 bridgehead atoms. The zero-order chi connectivity index (χ0) is 14.0. The maximum Gasteiger partial charge on any atom is 0.356 e. The highest BCUT2D eigenvalue weighted by molar-refractivity contribution is 6.39. The molecule has 0 aliphatic carbocycles. The van der Waals surface area contributed by atoms with E-state index < -0.39 is 30.9 Å². The van der Waals surface area contributed by atoms with Gasteiger partial charge in [0.25, 0.3) is 0 Å². The quantitative estimate of drug-likeness (QED) is 0.267. The van der Waals surface area contributed by atoms with Crippen LogP contribution in [-0.2, 0) is 33.4 Å². The standard InChI is InChI=1S/C10H15NO7/c1-4-17-9(13)6-18-11-7(10(14)16-3)5-8(12)15-2/h4-6H2,1-3H3. The van der Waals surface area contributed by atoms with Crippen molar-refractivity contribution in [2.24, 2.45) is 5.16 Å². The van der Waals surface area contributed by atoms with Crippen LogP contribution in [0.1, 0.15) is 13.3 Å². The molecule has 18 heavy (non-hydrogen) atoms. The van der Waals surface area contributed by atoms with Crippen molar-refractivity contribution in [2.75, 3.05) is 27.4 Å². The minimum absolute atomic E-state index is 0.206. The van der Waals surface area contributed by atoms with Gasteiger partial charge in [-0.15, -0.1) is 0 Å². The molecule has 0 unspecified atom stereocenters. The van der Waals surface area contributed by atoms with Crippen LogP contribution >= 0.6 is 0 Å². The van der Waals surface area contributed by atoms with Crippen LogP contribution in [0.3, 0.4) is 0 Å². The topological polar surface area (TPSA) is 100 Å². The zero-order valence-electron chi connectivity index (χ0n) is 10.4. The van der Waals surface area contributed by atoms with Crippen LogP contribution in [-0.4, -0.2) is 51.1 Å². The summed E-state index contributed by atoms with van der Waals surface area (Å²) in [5, 5.41) is 3.35. The summed E-state index contributed by atoms with van der Waals surface area (Å²) in [7, 11) is 2.29. The lowest BCUT2D eigenvalue weighted by atomic mass is 10.3. The molecular formula is C10H15NO7. The average molecular weight is 261 g/mol. The monoisotopic (exact) mass is 261 g/mol. The first-order chi connectivity index (χ1) is 8.54. The highest BCUT2D eigenvalue weighted by Crippen LogP contribution is 1.95. The maximum absolute atomic E-state index is 11.2. The van der Waals surface area contributed by atoms with Crippen LogP contribution in [0.25, 0.3) is 0 Å². The second-order valence-corrected chi connectivity index (χ2v) is 2.86. The SMILES string of the molecule is CCOC(=O)CON=C(CC(=O)OC)C(=O)OC. The Bertz CT molecular complexity index is 337. The first-order valence-electron chi connectivity index (χ1n) is 5.04. The number of ether oxygens (including phenoxy) is 3. The predicted molar refractivity (Wildman–Crippen MR) is 58.7 cm³/mol. The van der Waals surface area contributed by atoms with Gasteiger partial charge < -0.3 is 19.0 Å². The molecule has 0 aromatic heterocycles. The van der Waals surface area contributed by atoms with E-state index in [0.717, 1.165) is 14.2 Å². The van der Waals surface area contributed by atoms with E-state index in [4.69, 9.17) is 0 Å². The summed E-state index contributed by atoms with van der Waals surface area (Å²) in [5.74, 6) is -2.16. The smallest absolute Gasteiger partial charge is 0.356 e. The third-order valence-corrected chi connectivity index (χ3v) is 1.62. The van der Waals surface area contributed by atoms with Gasteiger partial charge in [-0.2, -0.15) is 0 Å². The van der Waals surface area contributed by atoms with Crippen molar-refractivity contribution in [3.63, 3.8) is 0 Å². The number of oxime groups is 1. The average Bonchev–Trinajstić information content (AvgIpc) is 2.36. The van der Waals surface area contributed by atoms with E-state index in [0.29, 0.717) is 0 Å². The van der Waals surface area contributed by atoms with E-state index in [-0.39, 0.29) is 12.3 Å². The van der Waals surface area contributed by atoms with Crippen molar-refractivity contribution in [1.82, 2.24) is 0 Å². The lowest BCUT2D eigenvalue weighted by Gasteiger charge is -2.04. The molecule has 0 amide bonds. The molecule has 0 saturated heterocycles. The Kier molecular flexibility index (Phi) is 7.91. The molecule has 0 aromatic rings. The minimum atomic E-state index is -0.843. The van der Waals surface area contributed by atoms with Crippen LogP contribution in [0.4, 0.5) is 0 Å². The van der Waals surface area contributed by atoms with Gasteiger partial charge in [-0.05, 0) is 6.92 Å². The third kappa shape index (κ3) is 6.46. The lowest BCUT2D eigenvalue weighted by molar-refractivity contribution is -0.148. The van der Waals surface area contributed by atoms with Gasteiger partial charge in [0.05, 0.1) is 27.2 Å². The first kappa shape index (κ1) is 15.9. The Morgan fingerprint density at radius 1 is 1.06 bits per heavy atom. The fourth-order valence-corrected chi connectivity index (χ4v) is 0.834. The summed E-state index contributed by atoms with van der Waals surface area (Å²) in [5.41, 5.74) is -0.298. The Balaban J connectivity index is 4.42. The van der Waals surface area contributed by atoms with Crippen LogP contribution in [0.15, 0.2) is 5.16 Å². The molecular weight excluding hydrogens is 246 g/mol. The summed E-state index contributed by atoms with van der Waals surface area (Å²) >= 11 is 0. The lowest BCUT2D eigenvalue weighted by Crippen LogP contribution is -2.21. The molecule has 8 heteroatoms. The van der Waals surface area contributed by atoms with Crippen LogP contribution in [0.5, 0.6) is 0 Å². The van der Waals surface area contributed by atoms with Gasteiger partial charge in [-0.1, -0.05) is 5.16 Å². The molecule has 0 aromatic carbocycles. The molecule has 0 fully saturated rings. The summed E-state index contributed by atoms with van der Waals surface area (Å²) < 4.78 is 13.3. The highest BCUT2D eigenvalue weighted by Gasteiger charge is 2.18. The summed E-state index contributed by atoms with van der Waals surface area (Å²) in [4.78, 5) is 37.7. The normalized spacial score (nSPS) is 10.5. The summed E-state index contributed by atoms with van der Waals surface area (Å²) in [6.07, 6.45) is -0.411. The van der Waals surface area contributed by atoms with E-state index in [1.807, 2.05) is 0 Å². The largest absolute Gasteiger partial charge is 0.469 e. The van der Waals surface area contributed by atoms with Crippen molar-refractivity contribution in [2.45, 2.75) is 13.3 Å². The number of carbonyl (C=O) groups is 3. The molecule has 0 spiro atoms. The Hall–Kier alpha value is -2.12. The van der Waals surface area contributed by atoms with Crippen molar-refractivity contribution < 1.29 is 33.4 Å². The van der Waals surface area contributed by atoms with Crippen molar-refractivity contribution in [1.29, 1.82) is 0 Å². The Morgan fingerprint density at radius 2 is 1.72 bits per heavy atom. The molecule has 8 nitrogen and oxygen atoms in total. The van der Waals surface area contributed by atoms with Crippen LogP contribution in [0, 0.1) is 0 Å². The zero-order valence-corrected chi connectivity index (χ0v) is 10.4. The molecule has 0 rings (SSSR count). The van der Waals surface area contributed by atoms with Gasteiger partial charge in [0.2, 0.25) is 6.61 Å². The number of esters is 3. The highest BCUT2D eigenvalue weighted by atomic mass is 16.7. The number of nitrogens with zero attached hydrogens (tertiary/aromatic N) is 1. The molecule has 0 N–H and O–H groups in total. The Labute approximate surface area is 104 Å². The van der Waals surface area contributed by atoms with Crippen LogP contribution in [0.2, 0.25) is 0 Å². The summed E-state index contributed by atoms with van der Waals surface area (Å²) in [6.45, 7) is 1.38. The van der Waals surface area contributed by atoms with E-state index in [1.165, 1.54) is 0 Å². The molecule has 102 valence electrons. The fourth-order valence-electron chi connectivity index (χ4n) is 0.834. The number of rotatable bonds is 7. The third-order valence-electron chi connectivity index (χ3n) is 1.62. The number of carbonyl (C=O) groups excluding carboxylic acids is 3. The van der Waals surface area contributed by atoms with Gasteiger partial charge >= 0.3 is 17.9 Å². The molecule has 0 aliphatic rings. The van der Waals surface area contributed by atoms with Gasteiger partial charge in [0.15, 0.2) is 5.71 Å². The maximum atomic E-state index is 11.2. The van der Waals surface area contributed by atoms with Crippen molar-refractivity contribution in [3.8, 4) is 0 Å². The number of hydrogen-bond donors (Lipinski definition) is 0. The number of hydrogen-bond acceptors (Lipinski definition) is 8. The van der Waals surface area contributed by atoms with Gasteiger partial charge in [-0.25, -0.2) is 9.59 Å². The molecule has 0 radical (unpaired) electrons. The van der Waals surface area contributed by atoms with E-state index in [1.54, 1.807) is 6.92 Å². The van der Waals surface area contributed by atoms with E-state index in [2.05, 4.69) is 24.2 Å². The van der Waals surface area contributed by atoms with Crippen molar-refractivity contribution >= 4 is 23.6 Å². The molecule has 0 atom stereocenters. The van der Waals surface area contributed by atoms with Gasteiger partial charge in [0.1, 0.15) is 0 Å². The molecule has 0 aliphatic heterocycles. The second-order valence-electron chi connectivity index (χ2n) is 2.86. The van der Waals surface area contributed by atoms with E-state index in [9.17, 15) is 14.4 Å². The fraction of sp³-hybridized carbons (Fsp3) is 0.600. The minimum Gasteiger partial charge on any atom is -0.469 e.